The number of rotatable bonds is 2. The number of benzene rings is 1. The Balaban J connectivity index is 2.54. The largest absolute Gasteiger partial charge is 0.397 e. The number of nitrogens with one attached hydrogen (secondary N) is 1. The zero-order valence-corrected chi connectivity index (χ0v) is 11.8. The van der Waals surface area contributed by atoms with Gasteiger partial charge in [-0.05, 0) is 28.1 Å². The van der Waals surface area contributed by atoms with Crippen molar-refractivity contribution in [2.24, 2.45) is 0 Å². The minimum atomic E-state index is 0.622. The number of nitrogens with two attached hydrogens (primary N) is 1. The van der Waals surface area contributed by atoms with Gasteiger partial charge < -0.3 is 5.73 Å². The van der Waals surface area contributed by atoms with Gasteiger partial charge in [-0.2, -0.15) is 5.10 Å². The third-order valence-corrected chi connectivity index (χ3v) is 3.32. The predicted octanol–water partition coefficient (Wildman–Crippen LogP) is 3.14. The van der Waals surface area contributed by atoms with Crippen molar-refractivity contribution in [2.45, 2.75) is 13.3 Å². The summed E-state index contributed by atoms with van der Waals surface area (Å²) in [6, 6.07) is 3.80. The molecule has 0 aliphatic rings. The number of aryl methyl sites for hydroxylation is 1. The van der Waals surface area contributed by atoms with Crippen LogP contribution < -0.4 is 5.73 Å². The maximum absolute atomic E-state index is 5.97. The Morgan fingerprint density at radius 3 is 2.75 bits per heavy atom. The van der Waals surface area contributed by atoms with Crippen LogP contribution in [0.15, 0.2) is 21.1 Å². The lowest BCUT2D eigenvalue weighted by Gasteiger charge is -2.04. The van der Waals surface area contributed by atoms with Crippen LogP contribution in [0.5, 0.6) is 0 Å². The van der Waals surface area contributed by atoms with Crippen molar-refractivity contribution < 1.29 is 0 Å². The Morgan fingerprint density at radius 2 is 2.12 bits per heavy atom. The number of aromatic amines is 1. The highest BCUT2D eigenvalue weighted by Crippen LogP contribution is 2.33. The average molecular weight is 346 g/mol. The van der Waals surface area contributed by atoms with E-state index in [4.69, 9.17) is 5.73 Å². The highest BCUT2D eigenvalue weighted by atomic mass is 79.9. The second kappa shape index (κ2) is 4.55. The first-order valence-corrected chi connectivity index (χ1v) is 6.36. The van der Waals surface area contributed by atoms with Crippen molar-refractivity contribution in [1.82, 2.24) is 15.2 Å². The van der Waals surface area contributed by atoms with E-state index < -0.39 is 0 Å². The highest BCUT2D eigenvalue weighted by Gasteiger charge is 2.11. The molecule has 0 aliphatic carbocycles. The number of halogens is 2. The fraction of sp³-hybridized carbons (Fsp3) is 0.200. The first kappa shape index (κ1) is 11.6. The van der Waals surface area contributed by atoms with E-state index in [0.29, 0.717) is 11.5 Å². The Bertz CT molecular complexity index is 522. The Kier molecular flexibility index (Phi) is 3.30. The first-order valence-electron chi connectivity index (χ1n) is 4.78. The third kappa shape index (κ3) is 2.12. The molecule has 1 aromatic heterocycles. The van der Waals surface area contributed by atoms with Crippen LogP contribution in [0, 0.1) is 0 Å². The summed E-state index contributed by atoms with van der Waals surface area (Å²) in [6.07, 6.45) is 0.822. The minimum Gasteiger partial charge on any atom is -0.397 e. The molecule has 6 heteroatoms. The van der Waals surface area contributed by atoms with Crippen molar-refractivity contribution in [3.8, 4) is 11.4 Å². The van der Waals surface area contributed by atoms with Crippen LogP contribution in [-0.4, -0.2) is 15.2 Å². The SMILES string of the molecule is CCc1nc(-c2cc(Br)cc(Br)c2N)n[nH]1. The molecule has 3 N–H and O–H groups in total. The first-order chi connectivity index (χ1) is 7.61. The summed E-state index contributed by atoms with van der Waals surface area (Å²) in [4.78, 5) is 4.35. The van der Waals surface area contributed by atoms with E-state index in [0.717, 1.165) is 26.8 Å². The molecule has 0 aliphatic heterocycles. The summed E-state index contributed by atoms with van der Waals surface area (Å²) >= 11 is 6.81. The number of anilines is 1. The summed E-state index contributed by atoms with van der Waals surface area (Å²) < 4.78 is 1.77. The Morgan fingerprint density at radius 1 is 1.38 bits per heavy atom. The normalized spacial score (nSPS) is 10.7. The lowest BCUT2D eigenvalue weighted by molar-refractivity contribution is 0.946. The highest BCUT2D eigenvalue weighted by molar-refractivity contribution is 9.11. The van der Waals surface area contributed by atoms with E-state index in [1.165, 1.54) is 0 Å². The molecule has 16 heavy (non-hydrogen) atoms. The smallest absolute Gasteiger partial charge is 0.183 e. The lowest BCUT2D eigenvalue weighted by atomic mass is 10.2. The molecule has 2 rings (SSSR count). The number of nitrogens with zero attached hydrogens (tertiary/aromatic N) is 2. The van der Waals surface area contributed by atoms with Gasteiger partial charge in [0, 0.05) is 20.9 Å². The molecule has 0 saturated heterocycles. The summed E-state index contributed by atoms with van der Waals surface area (Å²) in [5, 5.41) is 7.02. The number of H-pyrrole nitrogens is 1. The van der Waals surface area contributed by atoms with E-state index >= 15 is 0 Å². The maximum atomic E-state index is 5.97. The standard InChI is InChI=1S/C10H10Br2N4/c1-2-8-14-10(16-15-8)6-3-5(11)4-7(12)9(6)13/h3-4H,2,13H2,1H3,(H,14,15,16). The van der Waals surface area contributed by atoms with E-state index in [1.54, 1.807) is 0 Å². The number of hydrogen-bond donors (Lipinski definition) is 2. The Labute approximate surface area is 110 Å². The zero-order valence-electron chi connectivity index (χ0n) is 8.59. The second-order valence-electron chi connectivity index (χ2n) is 3.31. The van der Waals surface area contributed by atoms with Crippen LogP contribution in [-0.2, 0) is 6.42 Å². The second-order valence-corrected chi connectivity index (χ2v) is 5.08. The van der Waals surface area contributed by atoms with E-state index in [-0.39, 0.29) is 0 Å². The molecule has 1 aromatic carbocycles. The molecule has 0 saturated carbocycles. The summed E-state index contributed by atoms with van der Waals surface area (Å²) in [6.45, 7) is 2.02. The molecule has 0 unspecified atom stereocenters. The molecular formula is C10H10Br2N4. The molecule has 0 radical (unpaired) electrons. The van der Waals surface area contributed by atoms with Gasteiger partial charge in [-0.3, -0.25) is 5.10 Å². The summed E-state index contributed by atoms with van der Waals surface area (Å²) in [5.74, 6) is 1.47. The number of nitrogen functional groups attached to an aromatic ring is 1. The van der Waals surface area contributed by atoms with Gasteiger partial charge in [-0.1, -0.05) is 22.9 Å². The molecule has 84 valence electrons. The molecule has 0 spiro atoms. The monoisotopic (exact) mass is 344 g/mol. The fourth-order valence-electron chi connectivity index (χ4n) is 1.34. The van der Waals surface area contributed by atoms with E-state index in [2.05, 4.69) is 47.0 Å². The van der Waals surface area contributed by atoms with Crippen LogP contribution in [0.25, 0.3) is 11.4 Å². The van der Waals surface area contributed by atoms with Gasteiger partial charge in [0.05, 0.1) is 5.69 Å². The third-order valence-electron chi connectivity index (χ3n) is 2.20. The van der Waals surface area contributed by atoms with Crippen LogP contribution in [0.2, 0.25) is 0 Å². The van der Waals surface area contributed by atoms with Crippen LogP contribution in [0.1, 0.15) is 12.7 Å². The van der Waals surface area contributed by atoms with Crippen molar-refractivity contribution in [1.29, 1.82) is 0 Å². The molecule has 2 aromatic rings. The van der Waals surface area contributed by atoms with Gasteiger partial charge in [0.2, 0.25) is 0 Å². The van der Waals surface area contributed by atoms with E-state index in [1.807, 2.05) is 19.1 Å². The van der Waals surface area contributed by atoms with E-state index in [9.17, 15) is 0 Å². The molecule has 0 amide bonds. The van der Waals surface area contributed by atoms with Crippen molar-refractivity contribution >= 4 is 37.5 Å². The van der Waals surface area contributed by atoms with Crippen molar-refractivity contribution in [3.05, 3.63) is 26.9 Å². The lowest BCUT2D eigenvalue weighted by Crippen LogP contribution is -1.93. The Hall–Kier alpha value is -0.880. The van der Waals surface area contributed by atoms with Gasteiger partial charge in [0.25, 0.3) is 0 Å². The van der Waals surface area contributed by atoms with Crippen molar-refractivity contribution in [3.63, 3.8) is 0 Å². The number of aromatic nitrogens is 3. The van der Waals surface area contributed by atoms with Crippen LogP contribution in [0.4, 0.5) is 5.69 Å². The maximum Gasteiger partial charge on any atom is 0.183 e. The topological polar surface area (TPSA) is 67.6 Å². The van der Waals surface area contributed by atoms with Crippen LogP contribution in [0.3, 0.4) is 0 Å². The quantitative estimate of drug-likeness (QED) is 0.821. The minimum absolute atomic E-state index is 0.622. The fourth-order valence-corrected chi connectivity index (χ4v) is 2.57. The summed E-state index contributed by atoms with van der Waals surface area (Å²) in [5.41, 5.74) is 7.43. The van der Waals surface area contributed by atoms with Gasteiger partial charge in [-0.15, -0.1) is 0 Å². The number of hydrogen-bond acceptors (Lipinski definition) is 3. The van der Waals surface area contributed by atoms with Gasteiger partial charge in [-0.25, -0.2) is 4.98 Å². The molecule has 1 heterocycles. The van der Waals surface area contributed by atoms with Crippen molar-refractivity contribution in [2.75, 3.05) is 5.73 Å². The van der Waals surface area contributed by atoms with Gasteiger partial charge in [0.15, 0.2) is 5.82 Å². The van der Waals surface area contributed by atoms with Gasteiger partial charge >= 0.3 is 0 Å². The average Bonchev–Trinajstić information content (AvgIpc) is 2.71. The molecule has 0 atom stereocenters. The molecule has 0 bridgehead atoms. The molecule has 4 nitrogen and oxygen atoms in total. The zero-order chi connectivity index (χ0) is 11.7. The molecule has 0 fully saturated rings. The molecular weight excluding hydrogens is 336 g/mol. The van der Waals surface area contributed by atoms with Gasteiger partial charge in [0.1, 0.15) is 5.82 Å². The predicted molar refractivity (Wildman–Crippen MR) is 71.0 cm³/mol. The summed E-state index contributed by atoms with van der Waals surface area (Å²) in [7, 11) is 0. The van der Waals surface area contributed by atoms with Crippen LogP contribution >= 0.6 is 31.9 Å².